The molecule has 0 saturated carbocycles. The van der Waals surface area contributed by atoms with Gasteiger partial charge in [0.1, 0.15) is 5.69 Å². The third-order valence-electron chi connectivity index (χ3n) is 3.36. The van der Waals surface area contributed by atoms with E-state index in [4.69, 9.17) is 0 Å². The van der Waals surface area contributed by atoms with Gasteiger partial charge in [-0.3, -0.25) is 14.6 Å². The first kappa shape index (κ1) is 14.9. The number of amides is 1. The van der Waals surface area contributed by atoms with E-state index < -0.39 is 0 Å². The van der Waals surface area contributed by atoms with E-state index in [-0.39, 0.29) is 17.9 Å². The minimum Gasteiger partial charge on any atom is -0.346 e. The topological polar surface area (TPSA) is 79.0 Å². The third-order valence-corrected chi connectivity index (χ3v) is 3.36. The van der Waals surface area contributed by atoms with Crippen LogP contribution in [0.1, 0.15) is 18.2 Å². The summed E-state index contributed by atoms with van der Waals surface area (Å²) in [5, 5.41) is 0. The van der Waals surface area contributed by atoms with Crippen molar-refractivity contribution in [1.29, 1.82) is 0 Å². The number of rotatable bonds is 4. The van der Waals surface area contributed by atoms with Crippen LogP contribution in [0.25, 0.3) is 11.5 Å². The number of nitrogens with one attached hydrogen (secondary N) is 1. The van der Waals surface area contributed by atoms with Gasteiger partial charge in [-0.05, 0) is 26.0 Å². The molecule has 110 valence electrons. The van der Waals surface area contributed by atoms with E-state index in [0.717, 1.165) is 0 Å². The van der Waals surface area contributed by atoms with Gasteiger partial charge in [0.15, 0.2) is 5.82 Å². The number of nitrogens with zero attached hydrogens (tertiary/aromatic N) is 3. The maximum atomic E-state index is 12.2. The van der Waals surface area contributed by atoms with Gasteiger partial charge in [0.25, 0.3) is 5.56 Å². The van der Waals surface area contributed by atoms with Gasteiger partial charge < -0.3 is 9.88 Å². The standard InChI is InChI=1S/C15H18N4O2/c1-4-19(3)13(20)9-11-10(2)17-14(18-15(11)21)12-7-5-6-8-16-12/h5-8H,4,9H2,1-3H3,(H,17,18,21). The lowest BCUT2D eigenvalue weighted by Gasteiger charge is -2.14. The van der Waals surface area contributed by atoms with Gasteiger partial charge in [-0.15, -0.1) is 0 Å². The van der Waals surface area contributed by atoms with Gasteiger partial charge in [-0.1, -0.05) is 6.07 Å². The van der Waals surface area contributed by atoms with Crippen LogP contribution < -0.4 is 5.56 Å². The highest BCUT2D eigenvalue weighted by molar-refractivity contribution is 5.78. The van der Waals surface area contributed by atoms with Crippen molar-refractivity contribution >= 4 is 5.91 Å². The van der Waals surface area contributed by atoms with Crippen LogP contribution in [0.4, 0.5) is 0 Å². The predicted molar refractivity (Wildman–Crippen MR) is 79.8 cm³/mol. The zero-order valence-corrected chi connectivity index (χ0v) is 12.4. The Labute approximate surface area is 122 Å². The molecule has 2 rings (SSSR count). The van der Waals surface area contributed by atoms with Gasteiger partial charge in [-0.2, -0.15) is 0 Å². The summed E-state index contributed by atoms with van der Waals surface area (Å²) in [6.07, 6.45) is 1.69. The Bertz CT molecular complexity index is 695. The van der Waals surface area contributed by atoms with E-state index in [1.807, 2.05) is 13.0 Å². The Balaban J connectivity index is 2.35. The van der Waals surface area contributed by atoms with E-state index in [0.29, 0.717) is 29.3 Å². The van der Waals surface area contributed by atoms with Crippen molar-refractivity contribution in [2.45, 2.75) is 20.3 Å². The van der Waals surface area contributed by atoms with Gasteiger partial charge in [-0.25, -0.2) is 4.98 Å². The highest BCUT2D eigenvalue weighted by atomic mass is 16.2. The smallest absolute Gasteiger partial charge is 0.255 e. The molecule has 1 amide bonds. The number of H-pyrrole nitrogens is 1. The van der Waals surface area contributed by atoms with Crippen LogP contribution in [-0.4, -0.2) is 39.4 Å². The highest BCUT2D eigenvalue weighted by Gasteiger charge is 2.15. The fourth-order valence-electron chi connectivity index (χ4n) is 1.91. The summed E-state index contributed by atoms with van der Waals surface area (Å²) in [6.45, 7) is 4.23. The SMILES string of the molecule is CCN(C)C(=O)Cc1c(C)nc(-c2ccccn2)[nH]c1=O. The average Bonchev–Trinajstić information content (AvgIpc) is 2.50. The van der Waals surface area contributed by atoms with Gasteiger partial charge >= 0.3 is 0 Å². The normalized spacial score (nSPS) is 10.4. The number of aromatic amines is 1. The van der Waals surface area contributed by atoms with Crippen molar-refractivity contribution in [3.05, 3.63) is 46.0 Å². The van der Waals surface area contributed by atoms with Gasteiger partial charge in [0.05, 0.1) is 6.42 Å². The molecule has 0 spiro atoms. The number of hydrogen-bond acceptors (Lipinski definition) is 4. The molecule has 6 heteroatoms. The molecule has 0 aliphatic carbocycles. The zero-order valence-electron chi connectivity index (χ0n) is 12.4. The first-order valence-corrected chi connectivity index (χ1v) is 6.78. The number of aromatic nitrogens is 3. The molecular formula is C15H18N4O2. The molecule has 2 heterocycles. The van der Waals surface area contributed by atoms with Crippen molar-refractivity contribution in [2.24, 2.45) is 0 Å². The molecule has 2 aromatic rings. The molecule has 0 bridgehead atoms. The number of likely N-dealkylation sites (N-methyl/N-ethyl adjacent to an activating group) is 1. The average molecular weight is 286 g/mol. The number of pyridine rings is 1. The van der Waals surface area contributed by atoms with Crippen LogP contribution in [-0.2, 0) is 11.2 Å². The van der Waals surface area contributed by atoms with Crippen molar-refractivity contribution in [2.75, 3.05) is 13.6 Å². The third kappa shape index (κ3) is 3.34. The largest absolute Gasteiger partial charge is 0.346 e. The number of carbonyl (C=O) groups is 1. The maximum Gasteiger partial charge on any atom is 0.255 e. The minimum absolute atomic E-state index is 0.0566. The van der Waals surface area contributed by atoms with E-state index in [1.54, 1.807) is 37.2 Å². The Morgan fingerprint density at radius 3 is 2.71 bits per heavy atom. The molecule has 21 heavy (non-hydrogen) atoms. The summed E-state index contributed by atoms with van der Waals surface area (Å²) in [5.41, 5.74) is 1.26. The van der Waals surface area contributed by atoms with Crippen LogP contribution in [0.3, 0.4) is 0 Å². The first-order chi connectivity index (χ1) is 10.0. The second kappa shape index (κ2) is 6.30. The van der Waals surface area contributed by atoms with Crippen LogP contribution in [0.15, 0.2) is 29.2 Å². The van der Waals surface area contributed by atoms with Crippen molar-refractivity contribution in [3.8, 4) is 11.5 Å². The number of hydrogen-bond donors (Lipinski definition) is 1. The Morgan fingerprint density at radius 2 is 2.14 bits per heavy atom. The molecule has 0 aromatic carbocycles. The van der Waals surface area contributed by atoms with Crippen molar-refractivity contribution in [1.82, 2.24) is 19.9 Å². The summed E-state index contributed by atoms with van der Waals surface area (Å²) >= 11 is 0. The van der Waals surface area contributed by atoms with Crippen LogP contribution >= 0.6 is 0 Å². The molecule has 0 atom stereocenters. The Kier molecular flexibility index (Phi) is 4.47. The van der Waals surface area contributed by atoms with Gasteiger partial charge in [0.2, 0.25) is 5.91 Å². The molecule has 0 aliphatic rings. The lowest BCUT2D eigenvalue weighted by molar-refractivity contribution is -0.129. The molecule has 1 N–H and O–H groups in total. The van der Waals surface area contributed by atoms with E-state index >= 15 is 0 Å². The monoisotopic (exact) mass is 286 g/mol. The first-order valence-electron chi connectivity index (χ1n) is 6.78. The Morgan fingerprint density at radius 1 is 1.38 bits per heavy atom. The van der Waals surface area contributed by atoms with Crippen LogP contribution in [0.5, 0.6) is 0 Å². The van der Waals surface area contributed by atoms with E-state index in [2.05, 4.69) is 15.0 Å². The highest BCUT2D eigenvalue weighted by Crippen LogP contribution is 2.11. The van der Waals surface area contributed by atoms with Crippen LogP contribution in [0.2, 0.25) is 0 Å². The van der Waals surface area contributed by atoms with E-state index in [9.17, 15) is 9.59 Å². The van der Waals surface area contributed by atoms with Gasteiger partial charge in [0, 0.05) is 31.0 Å². The maximum absolute atomic E-state index is 12.2. The summed E-state index contributed by atoms with van der Waals surface area (Å²) < 4.78 is 0. The van der Waals surface area contributed by atoms with Crippen molar-refractivity contribution < 1.29 is 4.79 Å². The molecular weight excluding hydrogens is 268 g/mol. The molecule has 0 aliphatic heterocycles. The predicted octanol–water partition coefficient (Wildman–Crippen LogP) is 1.16. The second-order valence-corrected chi connectivity index (χ2v) is 4.78. The second-order valence-electron chi connectivity index (χ2n) is 4.78. The molecule has 6 nitrogen and oxygen atoms in total. The number of carbonyl (C=O) groups excluding carboxylic acids is 1. The summed E-state index contributed by atoms with van der Waals surface area (Å²) in [5.74, 6) is 0.316. The summed E-state index contributed by atoms with van der Waals surface area (Å²) in [7, 11) is 1.71. The Hall–Kier alpha value is -2.50. The zero-order chi connectivity index (χ0) is 15.4. The fraction of sp³-hybridized carbons (Fsp3) is 0.333. The minimum atomic E-state index is -0.291. The van der Waals surface area contributed by atoms with E-state index in [1.165, 1.54) is 0 Å². The molecule has 0 fully saturated rings. The summed E-state index contributed by atoms with van der Waals surface area (Å²) in [4.78, 5) is 36.9. The summed E-state index contributed by atoms with van der Waals surface area (Å²) in [6, 6.07) is 5.39. The quantitative estimate of drug-likeness (QED) is 0.914. The van der Waals surface area contributed by atoms with Crippen molar-refractivity contribution in [3.63, 3.8) is 0 Å². The number of aryl methyl sites for hydroxylation is 1. The lowest BCUT2D eigenvalue weighted by Crippen LogP contribution is -2.31. The van der Waals surface area contributed by atoms with Crippen LogP contribution in [0, 0.1) is 6.92 Å². The fourth-order valence-corrected chi connectivity index (χ4v) is 1.91. The molecule has 2 aromatic heterocycles. The molecule has 0 unspecified atom stereocenters. The lowest BCUT2D eigenvalue weighted by atomic mass is 10.1. The molecule has 0 saturated heterocycles. The molecule has 0 radical (unpaired) electrons.